The molecule has 1 fully saturated rings. The largest absolute Gasteiger partial charge is 0.454 e. The van der Waals surface area contributed by atoms with Crippen molar-refractivity contribution >= 4 is 29.0 Å². The van der Waals surface area contributed by atoms with E-state index in [2.05, 4.69) is 18.8 Å². The number of amides is 1. The smallest absolute Gasteiger partial charge is 0.262 e. The van der Waals surface area contributed by atoms with Gasteiger partial charge in [-0.2, -0.15) is 0 Å². The Labute approximate surface area is 190 Å². The summed E-state index contributed by atoms with van der Waals surface area (Å²) in [5.74, 6) is 2.32. The van der Waals surface area contributed by atoms with E-state index in [0.29, 0.717) is 51.1 Å². The fourth-order valence-electron chi connectivity index (χ4n) is 4.76. The highest BCUT2D eigenvalue weighted by Crippen LogP contribution is 2.32. The number of aromatic nitrogens is 2. The third kappa shape index (κ3) is 3.79. The molecule has 0 bridgehead atoms. The number of nitrogens with one attached hydrogen (secondary N) is 1. The summed E-state index contributed by atoms with van der Waals surface area (Å²) in [4.78, 5) is 31.3. The number of piperidine rings is 1. The molecular weight excluding hydrogens is 426 g/mol. The maximum atomic E-state index is 13.2. The summed E-state index contributed by atoms with van der Waals surface area (Å²) >= 11 is 5.49. The number of aromatic amines is 1. The van der Waals surface area contributed by atoms with Gasteiger partial charge in [0.05, 0.1) is 17.4 Å². The number of H-pyrrole nitrogens is 1. The Morgan fingerprint density at radius 2 is 1.84 bits per heavy atom. The summed E-state index contributed by atoms with van der Waals surface area (Å²) in [5.41, 5.74) is 1.83. The van der Waals surface area contributed by atoms with Gasteiger partial charge in [-0.3, -0.25) is 14.2 Å². The van der Waals surface area contributed by atoms with Crippen LogP contribution in [-0.4, -0.2) is 40.2 Å². The molecular formula is C24H25N3O4S. The van der Waals surface area contributed by atoms with Crippen molar-refractivity contribution in [1.82, 2.24) is 14.5 Å². The highest BCUT2D eigenvalue weighted by molar-refractivity contribution is 7.71. The van der Waals surface area contributed by atoms with E-state index in [1.54, 1.807) is 18.2 Å². The first kappa shape index (κ1) is 20.8. The van der Waals surface area contributed by atoms with Crippen LogP contribution in [0, 0.1) is 16.6 Å². The topological polar surface area (TPSA) is 76.6 Å². The molecule has 0 saturated carbocycles. The van der Waals surface area contributed by atoms with E-state index < -0.39 is 0 Å². The van der Waals surface area contributed by atoms with E-state index in [4.69, 9.17) is 21.7 Å². The van der Waals surface area contributed by atoms with Crippen LogP contribution in [0.15, 0.2) is 41.2 Å². The van der Waals surface area contributed by atoms with Crippen molar-refractivity contribution in [2.75, 3.05) is 19.9 Å². The second-order valence-electron chi connectivity index (χ2n) is 8.93. The lowest BCUT2D eigenvalue weighted by atomic mass is 9.91. The van der Waals surface area contributed by atoms with Crippen LogP contribution < -0.4 is 15.0 Å². The molecule has 5 rings (SSSR count). The summed E-state index contributed by atoms with van der Waals surface area (Å²) < 4.78 is 12.6. The number of nitrogens with zero attached hydrogens (tertiary/aromatic N) is 2. The zero-order valence-corrected chi connectivity index (χ0v) is 18.9. The third-order valence-corrected chi connectivity index (χ3v) is 6.49. The van der Waals surface area contributed by atoms with Crippen molar-refractivity contribution in [3.63, 3.8) is 0 Å². The highest BCUT2D eigenvalue weighted by Gasteiger charge is 2.26. The van der Waals surface area contributed by atoms with Gasteiger partial charge in [-0.15, -0.1) is 0 Å². The van der Waals surface area contributed by atoms with E-state index in [1.807, 2.05) is 23.1 Å². The Kier molecular flexibility index (Phi) is 5.25. The van der Waals surface area contributed by atoms with Gasteiger partial charge in [-0.1, -0.05) is 19.9 Å². The molecule has 3 aromatic rings. The molecule has 3 heterocycles. The number of rotatable bonds is 3. The molecule has 0 spiro atoms. The quantitative estimate of drug-likeness (QED) is 0.610. The molecule has 166 valence electrons. The van der Waals surface area contributed by atoms with E-state index in [9.17, 15) is 9.59 Å². The number of carbonyl (C=O) groups excluding carboxylic acids is 1. The number of likely N-dealkylation sites (tertiary alicyclic amines) is 1. The van der Waals surface area contributed by atoms with Crippen LogP contribution >= 0.6 is 12.2 Å². The molecule has 32 heavy (non-hydrogen) atoms. The van der Waals surface area contributed by atoms with Gasteiger partial charge in [-0.25, -0.2) is 0 Å². The number of ether oxygens (including phenoxy) is 2. The predicted octanol–water partition coefficient (Wildman–Crippen LogP) is 3.95. The van der Waals surface area contributed by atoms with Crippen LogP contribution in [-0.2, 0) is 6.54 Å². The Balaban J connectivity index is 1.46. The van der Waals surface area contributed by atoms with Crippen molar-refractivity contribution in [3.8, 4) is 11.5 Å². The minimum atomic E-state index is -0.194. The first-order valence-corrected chi connectivity index (χ1v) is 11.2. The van der Waals surface area contributed by atoms with Gasteiger partial charge in [0.25, 0.3) is 11.5 Å². The zero-order chi connectivity index (χ0) is 22.4. The predicted molar refractivity (Wildman–Crippen MR) is 124 cm³/mol. The fourth-order valence-corrected chi connectivity index (χ4v) is 5.02. The van der Waals surface area contributed by atoms with Crippen molar-refractivity contribution in [2.24, 2.45) is 11.8 Å². The molecule has 2 aliphatic heterocycles. The summed E-state index contributed by atoms with van der Waals surface area (Å²) in [6.45, 7) is 6.38. The molecule has 2 aliphatic rings. The fraction of sp³-hybridized carbons (Fsp3) is 0.375. The molecule has 7 nitrogen and oxygen atoms in total. The molecule has 0 radical (unpaired) electrons. The minimum Gasteiger partial charge on any atom is -0.454 e. The maximum absolute atomic E-state index is 13.2. The van der Waals surface area contributed by atoms with Gasteiger partial charge in [-0.05, 0) is 66.4 Å². The first-order chi connectivity index (χ1) is 15.4. The number of hydrogen-bond donors (Lipinski definition) is 1. The molecule has 1 saturated heterocycles. The summed E-state index contributed by atoms with van der Waals surface area (Å²) in [6, 6.07) is 10.8. The van der Waals surface area contributed by atoms with Crippen LogP contribution in [0.3, 0.4) is 0 Å². The van der Waals surface area contributed by atoms with Crippen LogP contribution in [0.4, 0.5) is 0 Å². The van der Waals surface area contributed by atoms with Crippen molar-refractivity contribution in [3.05, 3.63) is 62.6 Å². The molecule has 1 amide bonds. The molecule has 0 unspecified atom stereocenters. The lowest BCUT2D eigenvalue weighted by Gasteiger charge is -2.35. The Bertz CT molecular complexity index is 1320. The Morgan fingerprint density at radius 3 is 2.62 bits per heavy atom. The van der Waals surface area contributed by atoms with E-state index >= 15 is 0 Å². The first-order valence-electron chi connectivity index (χ1n) is 10.8. The van der Waals surface area contributed by atoms with E-state index in [-0.39, 0.29) is 18.3 Å². The lowest BCUT2D eigenvalue weighted by Crippen LogP contribution is -2.42. The molecule has 2 atom stereocenters. The van der Waals surface area contributed by atoms with Crippen molar-refractivity contribution in [2.45, 2.75) is 26.8 Å². The van der Waals surface area contributed by atoms with Gasteiger partial charge in [0.15, 0.2) is 16.3 Å². The van der Waals surface area contributed by atoms with Crippen LogP contribution in [0.5, 0.6) is 11.5 Å². The second-order valence-corrected chi connectivity index (χ2v) is 9.31. The van der Waals surface area contributed by atoms with Crippen LogP contribution in [0.1, 0.15) is 36.2 Å². The monoisotopic (exact) mass is 451 g/mol. The number of hydrogen-bond acceptors (Lipinski definition) is 5. The van der Waals surface area contributed by atoms with Gasteiger partial charge < -0.3 is 19.4 Å². The minimum absolute atomic E-state index is 0.00541. The second kappa shape index (κ2) is 8.09. The summed E-state index contributed by atoms with van der Waals surface area (Å²) in [6.07, 6.45) is 1.14. The number of carbonyl (C=O) groups is 1. The van der Waals surface area contributed by atoms with Crippen molar-refractivity contribution < 1.29 is 14.3 Å². The molecule has 0 aliphatic carbocycles. The van der Waals surface area contributed by atoms with Gasteiger partial charge in [0.1, 0.15) is 0 Å². The third-order valence-electron chi connectivity index (χ3n) is 6.16. The Morgan fingerprint density at radius 1 is 1.09 bits per heavy atom. The van der Waals surface area contributed by atoms with Gasteiger partial charge >= 0.3 is 0 Å². The number of fused-ring (bicyclic) bond motifs is 2. The van der Waals surface area contributed by atoms with Gasteiger partial charge in [0.2, 0.25) is 6.79 Å². The summed E-state index contributed by atoms with van der Waals surface area (Å²) in [5, 5.41) is 0.497. The maximum Gasteiger partial charge on any atom is 0.262 e. The van der Waals surface area contributed by atoms with E-state index in [0.717, 1.165) is 25.1 Å². The average Bonchev–Trinajstić information content (AvgIpc) is 3.23. The molecule has 1 N–H and O–H groups in total. The van der Waals surface area contributed by atoms with E-state index in [1.165, 1.54) is 4.57 Å². The molecule has 8 heteroatoms. The average molecular weight is 452 g/mol. The van der Waals surface area contributed by atoms with Crippen LogP contribution in [0.25, 0.3) is 10.9 Å². The highest BCUT2D eigenvalue weighted by atomic mass is 32.1. The number of benzene rings is 2. The van der Waals surface area contributed by atoms with Gasteiger partial charge in [0, 0.05) is 18.7 Å². The normalized spacial score (nSPS) is 20.0. The van der Waals surface area contributed by atoms with Crippen LogP contribution in [0.2, 0.25) is 0 Å². The van der Waals surface area contributed by atoms with Crippen molar-refractivity contribution in [1.29, 1.82) is 0 Å². The zero-order valence-electron chi connectivity index (χ0n) is 18.1. The standard InChI is InChI=1S/C24H25N3O4S/c1-14-7-15(2)11-26(10-14)22(28)17-4-5-18-19(9-17)25-24(32)27(23(18)29)12-16-3-6-20-21(8-16)31-13-30-20/h3-6,8-9,14-15H,7,10-13H2,1-2H3,(H,25,32)/t14-,15-/m1/s1. The SMILES string of the molecule is C[C@@H]1C[C@@H](C)CN(C(=O)c2ccc3c(=O)n(Cc4ccc5c(c4)OCO5)c(=S)[nH]c3c2)C1. The lowest BCUT2D eigenvalue weighted by molar-refractivity contribution is 0.0623. The molecule has 2 aromatic carbocycles. The Hall–Kier alpha value is -3.13. The summed E-state index contributed by atoms with van der Waals surface area (Å²) in [7, 11) is 0. The molecule has 1 aromatic heterocycles.